The van der Waals surface area contributed by atoms with Crippen molar-refractivity contribution in [2.45, 2.75) is 40.4 Å². The number of fused-ring (bicyclic) bond motifs is 1. The Labute approximate surface area is 178 Å². The quantitative estimate of drug-likeness (QED) is 0.478. The van der Waals surface area contributed by atoms with Crippen molar-refractivity contribution in [1.29, 1.82) is 0 Å². The molecule has 0 aliphatic heterocycles. The summed E-state index contributed by atoms with van der Waals surface area (Å²) in [4.78, 5) is 43.7. The van der Waals surface area contributed by atoms with Crippen molar-refractivity contribution >= 4 is 16.9 Å². The molecule has 0 saturated heterocycles. The maximum atomic E-state index is 13.3. The number of imidazole rings is 1. The van der Waals surface area contributed by atoms with Gasteiger partial charge in [-0.3, -0.25) is 18.7 Å². The van der Waals surface area contributed by atoms with Crippen molar-refractivity contribution in [3.05, 3.63) is 87.2 Å². The highest BCUT2D eigenvalue weighted by molar-refractivity contribution is 5.83. The average molecular weight is 420 g/mol. The van der Waals surface area contributed by atoms with E-state index in [4.69, 9.17) is 4.42 Å². The molecule has 0 spiro atoms. The van der Waals surface area contributed by atoms with E-state index in [1.54, 1.807) is 43.7 Å². The van der Waals surface area contributed by atoms with Gasteiger partial charge in [0.05, 0.1) is 32.2 Å². The van der Waals surface area contributed by atoms with Crippen molar-refractivity contribution in [3.8, 4) is 0 Å². The van der Waals surface area contributed by atoms with Crippen LogP contribution in [0.1, 0.15) is 32.1 Å². The SMILES string of the molecule is CC(C)(C)C(=O)Cn1c(=O)c2c(ncn2Cc2ccco2)n(Cc2ccccc2)c1=O. The summed E-state index contributed by atoms with van der Waals surface area (Å²) in [6, 6.07) is 13.0. The van der Waals surface area contributed by atoms with Crippen molar-refractivity contribution in [2.24, 2.45) is 5.41 Å². The summed E-state index contributed by atoms with van der Waals surface area (Å²) in [6.07, 6.45) is 3.07. The van der Waals surface area contributed by atoms with Gasteiger partial charge in [0.1, 0.15) is 5.76 Å². The molecule has 0 atom stereocenters. The van der Waals surface area contributed by atoms with Crippen LogP contribution in [0.25, 0.3) is 11.2 Å². The van der Waals surface area contributed by atoms with E-state index in [2.05, 4.69) is 4.98 Å². The Bertz CT molecular complexity index is 1340. The van der Waals surface area contributed by atoms with Crippen LogP contribution >= 0.6 is 0 Å². The maximum absolute atomic E-state index is 13.3. The molecule has 0 N–H and O–H groups in total. The number of nitrogens with zero attached hydrogens (tertiary/aromatic N) is 4. The first-order chi connectivity index (χ1) is 14.8. The average Bonchev–Trinajstić information content (AvgIpc) is 3.39. The van der Waals surface area contributed by atoms with Gasteiger partial charge in [-0.2, -0.15) is 0 Å². The Kier molecular flexibility index (Phi) is 5.22. The van der Waals surface area contributed by atoms with Crippen LogP contribution in [0.4, 0.5) is 0 Å². The van der Waals surface area contributed by atoms with Gasteiger partial charge in [-0.05, 0) is 17.7 Å². The molecular weight excluding hydrogens is 396 g/mol. The first kappa shape index (κ1) is 20.6. The number of carbonyl (C=O) groups is 1. The summed E-state index contributed by atoms with van der Waals surface area (Å²) in [5.74, 6) is 0.450. The molecule has 0 amide bonds. The van der Waals surface area contributed by atoms with E-state index < -0.39 is 16.7 Å². The lowest BCUT2D eigenvalue weighted by atomic mass is 9.91. The van der Waals surface area contributed by atoms with Gasteiger partial charge in [0, 0.05) is 5.41 Å². The number of rotatable bonds is 6. The highest BCUT2D eigenvalue weighted by Crippen LogP contribution is 2.16. The molecule has 3 aromatic heterocycles. The van der Waals surface area contributed by atoms with Gasteiger partial charge in [0.2, 0.25) is 0 Å². The van der Waals surface area contributed by atoms with Crippen molar-refractivity contribution in [3.63, 3.8) is 0 Å². The van der Waals surface area contributed by atoms with E-state index in [-0.39, 0.29) is 36.6 Å². The number of aromatic nitrogens is 4. The molecule has 8 nitrogen and oxygen atoms in total. The smallest absolute Gasteiger partial charge is 0.333 e. The summed E-state index contributed by atoms with van der Waals surface area (Å²) in [5, 5.41) is 0. The van der Waals surface area contributed by atoms with Gasteiger partial charge in [-0.25, -0.2) is 9.78 Å². The minimum absolute atomic E-state index is 0.200. The number of hydrogen-bond acceptors (Lipinski definition) is 5. The summed E-state index contributed by atoms with van der Waals surface area (Å²) >= 11 is 0. The molecule has 4 aromatic rings. The second-order valence-electron chi connectivity index (χ2n) is 8.54. The van der Waals surface area contributed by atoms with Crippen molar-refractivity contribution in [2.75, 3.05) is 0 Å². The Balaban J connectivity index is 1.92. The number of furan rings is 1. The normalized spacial score (nSPS) is 11.8. The van der Waals surface area contributed by atoms with Gasteiger partial charge in [0.15, 0.2) is 16.9 Å². The molecular formula is C23H24N4O4. The maximum Gasteiger partial charge on any atom is 0.333 e. The fourth-order valence-corrected chi connectivity index (χ4v) is 3.36. The third-order valence-electron chi connectivity index (χ3n) is 5.21. The van der Waals surface area contributed by atoms with E-state index >= 15 is 0 Å². The molecule has 4 rings (SSSR count). The second kappa shape index (κ2) is 7.86. The molecule has 8 heteroatoms. The zero-order valence-corrected chi connectivity index (χ0v) is 17.7. The third kappa shape index (κ3) is 4.01. The lowest BCUT2D eigenvalue weighted by Crippen LogP contribution is -2.44. The molecule has 0 radical (unpaired) electrons. The third-order valence-corrected chi connectivity index (χ3v) is 5.21. The van der Waals surface area contributed by atoms with Crippen LogP contribution in [0, 0.1) is 5.41 Å². The van der Waals surface area contributed by atoms with E-state index in [9.17, 15) is 14.4 Å². The van der Waals surface area contributed by atoms with E-state index in [0.29, 0.717) is 5.76 Å². The number of carbonyl (C=O) groups excluding carboxylic acids is 1. The van der Waals surface area contributed by atoms with E-state index in [1.165, 1.54) is 10.9 Å². The highest BCUT2D eigenvalue weighted by atomic mass is 16.3. The summed E-state index contributed by atoms with van der Waals surface area (Å²) in [7, 11) is 0. The van der Waals surface area contributed by atoms with Crippen molar-refractivity contribution in [1.82, 2.24) is 18.7 Å². The Morgan fingerprint density at radius 3 is 2.39 bits per heavy atom. The molecule has 0 aliphatic carbocycles. The largest absolute Gasteiger partial charge is 0.467 e. The Morgan fingerprint density at radius 1 is 1.00 bits per heavy atom. The van der Waals surface area contributed by atoms with Crippen LogP contribution < -0.4 is 11.2 Å². The van der Waals surface area contributed by atoms with E-state index in [1.807, 2.05) is 30.3 Å². The highest BCUT2D eigenvalue weighted by Gasteiger charge is 2.25. The van der Waals surface area contributed by atoms with Crippen LogP contribution in [0.3, 0.4) is 0 Å². The van der Waals surface area contributed by atoms with Crippen LogP contribution in [0.2, 0.25) is 0 Å². The predicted octanol–water partition coefficient (Wildman–Crippen LogP) is 2.66. The first-order valence-corrected chi connectivity index (χ1v) is 10.0. The van der Waals surface area contributed by atoms with Crippen LogP contribution in [0.5, 0.6) is 0 Å². The summed E-state index contributed by atoms with van der Waals surface area (Å²) in [5.41, 5.74) is -0.343. The van der Waals surface area contributed by atoms with Crippen LogP contribution in [0.15, 0.2) is 69.1 Å². The fraction of sp³-hybridized carbons (Fsp3) is 0.304. The Hall–Kier alpha value is -3.68. The topological polar surface area (TPSA) is 92.0 Å². The van der Waals surface area contributed by atoms with Gasteiger partial charge >= 0.3 is 5.69 Å². The molecule has 3 heterocycles. The lowest BCUT2D eigenvalue weighted by molar-refractivity contribution is -0.127. The molecule has 0 unspecified atom stereocenters. The van der Waals surface area contributed by atoms with Crippen LogP contribution in [-0.4, -0.2) is 24.5 Å². The lowest BCUT2D eigenvalue weighted by Gasteiger charge is -2.18. The van der Waals surface area contributed by atoms with Gasteiger partial charge in [-0.1, -0.05) is 51.1 Å². The zero-order valence-electron chi connectivity index (χ0n) is 17.7. The van der Waals surface area contributed by atoms with Gasteiger partial charge in [-0.15, -0.1) is 0 Å². The second-order valence-corrected chi connectivity index (χ2v) is 8.54. The Morgan fingerprint density at radius 2 is 1.74 bits per heavy atom. The summed E-state index contributed by atoms with van der Waals surface area (Å²) < 4.78 is 9.51. The summed E-state index contributed by atoms with van der Waals surface area (Å²) in [6.45, 7) is 5.53. The predicted molar refractivity (Wildman–Crippen MR) is 116 cm³/mol. The number of benzene rings is 1. The molecule has 0 bridgehead atoms. The molecule has 0 saturated carbocycles. The molecule has 31 heavy (non-hydrogen) atoms. The standard InChI is InChI=1S/C23H24N4O4/c1-23(2,3)18(28)14-27-21(29)19-20(24-15-25(19)13-17-10-7-11-31-17)26(22(27)30)12-16-8-5-4-6-9-16/h4-11,15H,12-14H2,1-3H3. The van der Waals surface area contributed by atoms with Crippen LogP contribution in [-0.2, 0) is 24.4 Å². The monoisotopic (exact) mass is 420 g/mol. The number of Topliss-reactive ketones (excluding diaryl/α,β-unsaturated/α-hetero) is 1. The number of ketones is 1. The zero-order chi connectivity index (χ0) is 22.2. The molecule has 160 valence electrons. The fourth-order valence-electron chi connectivity index (χ4n) is 3.36. The molecule has 1 aromatic carbocycles. The minimum atomic E-state index is -0.681. The first-order valence-electron chi connectivity index (χ1n) is 10.0. The number of hydrogen-bond donors (Lipinski definition) is 0. The molecule has 0 aliphatic rings. The molecule has 0 fully saturated rings. The van der Waals surface area contributed by atoms with Gasteiger partial charge in [0.25, 0.3) is 5.56 Å². The van der Waals surface area contributed by atoms with Gasteiger partial charge < -0.3 is 8.98 Å². The van der Waals surface area contributed by atoms with Crippen molar-refractivity contribution < 1.29 is 9.21 Å². The van der Waals surface area contributed by atoms with E-state index in [0.717, 1.165) is 10.1 Å². The minimum Gasteiger partial charge on any atom is -0.467 e.